The maximum Gasteiger partial charge on any atom is 0.220 e. The van der Waals surface area contributed by atoms with Gasteiger partial charge < -0.3 is 40.3 Å². The maximum absolute atomic E-state index is 13.1. The number of ether oxygens (including phenoxy) is 2. The Morgan fingerprint density at radius 3 is 1.00 bits per heavy atom. The first-order valence-electron chi connectivity index (χ1n) is 37.2. The van der Waals surface area contributed by atoms with E-state index in [0.717, 1.165) is 44.9 Å². The first kappa shape index (κ1) is 80.4. The minimum absolute atomic E-state index is 0.183. The number of unbranched alkanes of at least 4 members (excludes halogenated alkanes) is 52. The van der Waals surface area contributed by atoms with E-state index in [0.29, 0.717) is 6.42 Å². The fraction of sp³-hybridized carbons (Fsp3) is 0.907. The molecule has 6 N–H and O–H groups in total. The van der Waals surface area contributed by atoms with Crippen molar-refractivity contribution in [2.45, 2.75) is 423 Å². The molecule has 1 fully saturated rings. The molecular weight excluding hydrogens is 1040 g/mol. The molecule has 7 unspecified atom stereocenters. The van der Waals surface area contributed by atoms with Crippen LogP contribution in [0.2, 0.25) is 0 Å². The van der Waals surface area contributed by atoms with Gasteiger partial charge in [-0.1, -0.05) is 365 Å². The molecule has 1 aliphatic rings. The topological polar surface area (TPSA) is 149 Å². The molecule has 1 saturated heterocycles. The molecule has 84 heavy (non-hydrogen) atoms. The van der Waals surface area contributed by atoms with Crippen LogP contribution in [0.15, 0.2) is 36.5 Å². The summed E-state index contributed by atoms with van der Waals surface area (Å²) in [4.78, 5) is 13.1. The van der Waals surface area contributed by atoms with E-state index in [1.807, 2.05) is 6.08 Å². The van der Waals surface area contributed by atoms with Gasteiger partial charge in [-0.15, -0.1) is 0 Å². The second-order valence-corrected chi connectivity index (χ2v) is 26.1. The molecule has 0 bridgehead atoms. The SMILES string of the molecule is CCCCCCCCCCCCCCCCC/C=C/CC/C=C/CC/C=C/C(O)C(COC1OC(CO)C(O)C(O)C1O)NC(=O)CCCCCCCCCCCCCCCCCCCCCCCCCCCCCCCCCCCCCC. The molecule has 0 aliphatic carbocycles. The highest BCUT2D eigenvalue weighted by atomic mass is 16.7. The van der Waals surface area contributed by atoms with Gasteiger partial charge in [0.25, 0.3) is 0 Å². The van der Waals surface area contributed by atoms with Crippen molar-refractivity contribution in [2.24, 2.45) is 0 Å². The monoisotopic (exact) mass is 1190 g/mol. The number of hydrogen-bond acceptors (Lipinski definition) is 8. The molecular formula is C75H143NO8. The molecule has 1 aliphatic heterocycles. The van der Waals surface area contributed by atoms with Gasteiger partial charge in [-0.2, -0.15) is 0 Å². The molecule has 0 radical (unpaired) electrons. The van der Waals surface area contributed by atoms with Crippen molar-refractivity contribution in [1.82, 2.24) is 5.32 Å². The summed E-state index contributed by atoms with van der Waals surface area (Å²) in [5, 5.41) is 54.8. The van der Waals surface area contributed by atoms with Crippen LogP contribution in [0.1, 0.15) is 380 Å². The maximum atomic E-state index is 13.1. The Labute approximate surface area is 521 Å². The second kappa shape index (κ2) is 64.4. The highest BCUT2D eigenvalue weighted by molar-refractivity contribution is 5.76. The summed E-state index contributed by atoms with van der Waals surface area (Å²) >= 11 is 0. The number of carbonyl (C=O) groups excluding carboxylic acids is 1. The van der Waals surface area contributed by atoms with E-state index in [1.165, 1.54) is 315 Å². The molecule has 1 rings (SSSR count). The van der Waals surface area contributed by atoms with Crippen LogP contribution in [0.5, 0.6) is 0 Å². The summed E-state index contributed by atoms with van der Waals surface area (Å²) in [6.07, 6.45) is 80.0. The average molecular weight is 1190 g/mol. The van der Waals surface area contributed by atoms with Gasteiger partial charge in [0.15, 0.2) is 6.29 Å². The molecule has 0 aromatic heterocycles. The minimum atomic E-state index is -1.57. The average Bonchev–Trinajstić information content (AvgIpc) is 3.70. The summed E-state index contributed by atoms with van der Waals surface area (Å²) < 4.78 is 11.3. The van der Waals surface area contributed by atoms with Crippen LogP contribution in [-0.2, 0) is 14.3 Å². The van der Waals surface area contributed by atoms with E-state index in [9.17, 15) is 30.3 Å². The third-order valence-electron chi connectivity index (χ3n) is 17.9. The standard InChI is InChI=1S/C75H143NO8/c1-3-5-7-9-11-13-15-17-19-21-23-25-27-29-30-31-32-33-34-35-36-37-38-39-41-43-45-47-49-51-53-55-57-59-61-63-65-71(79)76-68(67-83-75-74(82)73(81)72(80)70(66-77)84-75)69(78)64-62-60-58-56-54-52-50-48-46-44-42-40-28-26-24-22-20-18-16-14-12-10-8-6-4-2/h46,48,54,56,62,64,68-70,72-75,77-78,80-82H,3-45,47,49-53,55,57-61,63,65-67H2,1-2H3,(H,76,79)/b48-46+,56-54+,64-62+. The number of carbonyl (C=O) groups is 1. The lowest BCUT2D eigenvalue weighted by molar-refractivity contribution is -0.302. The van der Waals surface area contributed by atoms with Gasteiger partial charge in [0.2, 0.25) is 5.91 Å². The van der Waals surface area contributed by atoms with Crippen molar-refractivity contribution >= 4 is 5.91 Å². The first-order valence-corrected chi connectivity index (χ1v) is 37.2. The van der Waals surface area contributed by atoms with Crippen molar-refractivity contribution in [3.63, 3.8) is 0 Å². The molecule has 9 nitrogen and oxygen atoms in total. The van der Waals surface area contributed by atoms with E-state index >= 15 is 0 Å². The second-order valence-electron chi connectivity index (χ2n) is 26.1. The lowest BCUT2D eigenvalue weighted by Crippen LogP contribution is -2.60. The zero-order valence-electron chi connectivity index (χ0n) is 55.7. The van der Waals surface area contributed by atoms with Gasteiger partial charge in [-0.05, 0) is 44.9 Å². The van der Waals surface area contributed by atoms with Crippen LogP contribution in [0.25, 0.3) is 0 Å². The lowest BCUT2D eigenvalue weighted by atomic mass is 9.99. The number of nitrogens with one attached hydrogen (secondary N) is 1. The van der Waals surface area contributed by atoms with Gasteiger partial charge in [0, 0.05) is 6.42 Å². The highest BCUT2D eigenvalue weighted by Crippen LogP contribution is 2.24. The number of amides is 1. The number of hydrogen-bond donors (Lipinski definition) is 6. The summed E-state index contributed by atoms with van der Waals surface area (Å²) in [7, 11) is 0. The molecule has 0 spiro atoms. The van der Waals surface area contributed by atoms with Crippen LogP contribution >= 0.6 is 0 Å². The van der Waals surface area contributed by atoms with Crippen LogP contribution in [0.3, 0.4) is 0 Å². The Morgan fingerprint density at radius 1 is 0.393 bits per heavy atom. The number of rotatable bonds is 66. The number of aliphatic hydroxyl groups is 5. The summed E-state index contributed by atoms with van der Waals surface area (Å²) in [5.74, 6) is -0.183. The molecule has 1 heterocycles. The van der Waals surface area contributed by atoms with Crippen molar-refractivity contribution < 1.29 is 39.8 Å². The Morgan fingerprint density at radius 2 is 0.679 bits per heavy atom. The van der Waals surface area contributed by atoms with Gasteiger partial charge in [0.05, 0.1) is 25.4 Å². The van der Waals surface area contributed by atoms with Crippen molar-refractivity contribution in [1.29, 1.82) is 0 Å². The predicted octanol–water partition coefficient (Wildman–Crippen LogP) is 20.6. The molecule has 9 heteroatoms. The fourth-order valence-corrected chi connectivity index (χ4v) is 12.1. The van der Waals surface area contributed by atoms with Crippen molar-refractivity contribution in [2.75, 3.05) is 13.2 Å². The zero-order valence-corrected chi connectivity index (χ0v) is 55.7. The third-order valence-corrected chi connectivity index (χ3v) is 17.9. The van der Waals surface area contributed by atoms with Gasteiger partial charge >= 0.3 is 0 Å². The molecule has 0 saturated carbocycles. The summed E-state index contributed by atoms with van der Waals surface area (Å²) in [6, 6.07) is -0.828. The van der Waals surface area contributed by atoms with Crippen molar-refractivity contribution in [3.8, 4) is 0 Å². The summed E-state index contributed by atoms with van der Waals surface area (Å²) in [5.41, 5.74) is 0. The van der Waals surface area contributed by atoms with E-state index in [-0.39, 0.29) is 12.5 Å². The largest absolute Gasteiger partial charge is 0.394 e. The van der Waals surface area contributed by atoms with Gasteiger partial charge in [-0.25, -0.2) is 0 Å². The molecule has 0 aromatic rings. The summed E-state index contributed by atoms with van der Waals surface area (Å²) in [6.45, 7) is 3.82. The van der Waals surface area contributed by atoms with Crippen LogP contribution in [-0.4, -0.2) is 87.5 Å². The molecule has 496 valence electrons. The lowest BCUT2D eigenvalue weighted by Gasteiger charge is -2.40. The molecule has 1 amide bonds. The van der Waals surface area contributed by atoms with Crippen LogP contribution in [0.4, 0.5) is 0 Å². The van der Waals surface area contributed by atoms with E-state index in [2.05, 4.69) is 43.5 Å². The zero-order chi connectivity index (χ0) is 60.7. The van der Waals surface area contributed by atoms with Gasteiger partial charge in [-0.3, -0.25) is 4.79 Å². The van der Waals surface area contributed by atoms with Crippen LogP contribution in [0, 0.1) is 0 Å². The Bertz CT molecular complexity index is 1420. The first-order chi connectivity index (χ1) is 41.3. The normalized spacial score (nSPS) is 18.3. The highest BCUT2D eigenvalue weighted by Gasteiger charge is 2.44. The fourth-order valence-electron chi connectivity index (χ4n) is 12.1. The Hall–Kier alpha value is -1.59. The quantitative estimate of drug-likeness (QED) is 0.0261. The minimum Gasteiger partial charge on any atom is -0.394 e. The Kier molecular flexibility index (Phi) is 61.7. The predicted molar refractivity (Wildman–Crippen MR) is 360 cm³/mol. The molecule has 7 atom stereocenters. The van der Waals surface area contributed by atoms with Gasteiger partial charge in [0.1, 0.15) is 24.4 Å². The smallest absolute Gasteiger partial charge is 0.220 e. The van der Waals surface area contributed by atoms with E-state index in [1.54, 1.807) is 6.08 Å². The third kappa shape index (κ3) is 52.4. The van der Waals surface area contributed by atoms with Crippen molar-refractivity contribution in [3.05, 3.63) is 36.5 Å². The Balaban J connectivity index is 2.10. The van der Waals surface area contributed by atoms with E-state index < -0.39 is 49.5 Å². The number of aliphatic hydroxyl groups excluding tert-OH is 5. The molecule has 0 aromatic carbocycles. The van der Waals surface area contributed by atoms with E-state index in [4.69, 9.17) is 9.47 Å². The van der Waals surface area contributed by atoms with Crippen LogP contribution < -0.4 is 5.32 Å². The number of allylic oxidation sites excluding steroid dienone is 5.